The van der Waals surface area contributed by atoms with Crippen molar-refractivity contribution in [3.05, 3.63) is 93.2 Å². The lowest BCUT2D eigenvalue weighted by molar-refractivity contribution is -0.136. The molecule has 4 heterocycles. The number of benzene rings is 3. The van der Waals surface area contributed by atoms with Gasteiger partial charge in [-0.05, 0) is 79.6 Å². The van der Waals surface area contributed by atoms with E-state index in [0.29, 0.717) is 53.6 Å². The molecule has 4 aliphatic rings. The van der Waals surface area contributed by atoms with Crippen LogP contribution in [0.1, 0.15) is 118 Å². The number of anilines is 1. The van der Waals surface area contributed by atoms with Crippen LogP contribution in [0.15, 0.2) is 53.4 Å². The number of piperidine rings is 2. The predicted molar refractivity (Wildman–Crippen MR) is 232 cm³/mol. The average molecular weight is 859 g/mol. The van der Waals surface area contributed by atoms with Gasteiger partial charge in [-0.25, -0.2) is 0 Å². The third kappa shape index (κ3) is 8.14. The van der Waals surface area contributed by atoms with Gasteiger partial charge in [0.05, 0.1) is 48.1 Å². The SMILES string of the molecule is CCc1cc2c(cc1N1CCC(NC(=O)CCOCCOCCCSc3cccc4c3C(=O)N(C3CCC(=O)NC3=O)C4=O)CC1)C(C)(C)c1[nH]c3cc(C#N)ccc3c1C2=O. The van der Waals surface area contributed by atoms with E-state index in [2.05, 4.69) is 59.5 Å². The minimum absolute atomic E-state index is 0.00674. The highest BCUT2D eigenvalue weighted by Gasteiger charge is 2.46. The molecule has 2 fully saturated rings. The van der Waals surface area contributed by atoms with Gasteiger partial charge >= 0.3 is 0 Å². The zero-order valence-corrected chi connectivity index (χ0v) is 36.0. The third-order valence-corrected chi connectivity index (χ3v) is 13.6. The molecular weight excluding hydrogens is 809 g/mol. The van der Waals surface area contributed by atoms with Gasteiger partial charge in [0.15, 0.2) is 5.78 Å². The molecule has 1 aliphatic carbocycles. The molecule has 14 nitrogen and oxygen atoms in total. The van der Waals surface area contributed by atoms with E-state index in [1.165, 1.54) is 11.8 Å². The first-order valence-electron chi connectivity index (χ1n) is 21.4. The number of amides is 5. The van der Waals surface area contributed by atoms with Gasteiger partial charge in [0.25, 0.3) is 11.8 Å². The fourth-order valence-electron chi connectivity index (χ4n) is 9.16. The number of imide groups is 2. The number of aromatic nitrogens is 1. The van der Waals surface area contributed by atoms with Crippen molar-refractivity contribution in [1.29, 1.82) is 5.26 Å². The maximum absolute atomic E-state index is 14.1. The van der Waals surface area contributed by atoms with E-state index < -0.39 is 35.1 Å². The van der Waals surface area contributed by atoms with E-state index in [1.807, 2.05) is 12.1 Å². The molecule has 3 aromatic carbocycles. The van der Waals surface area contributed by atoms with Crippen molar-refractivity contribution >= 4 is 63.7 Å². The lowest BCUT2D eigenvalue weighted by Gasteiger charge is -2.38. The number of nitriles is 1. The number of nitrogens with zero attached hydrogens (tertiary/aromatic N) is 3. The first-order chi connectivity index (χ1) is 29.9. The van der Waals surface area contributed by atoms with Crippen molar-refractivity contribution in [2.75, 3.05) is 50.2 Å². The summed E-state index contributed by atoms with van der Waals surface area (Å²) in [5.74, 6) is -1.49. The maximum Gasteiger partial charge on any atom is 0.263 e. The third-order valence-electron chi connectivity index (χ3n) is 12.5. The van der Waals surface area contributed by atoms with Gasteiger partial charge in [-0.2, -0.15) is 5.26 Å². The number of H-pyrrole nitrogens is 1. The molecule has 1 unspecified atom stereocenters. The summed E-state index contributed by atoms with van der Waals surface area (Å²) < 4.78 is 11.4. The smallest absolute Gasteiger partial charge is 0.263 e. The second-order valence-electron chi connectivity index (χ2n) is 16.7. The van der Waals surface area contributed by atoms with Gasteiger partial charge in [-0.1, -0.05) is 32.9 Å². The van der Waals surface area contributed by atoms with Crippen LogP contribution in [0.4, 0.5) is 5.69 Å². The normalized spacial score (nSPS) is 18.4. The molecule has 0 bridgehead atoms. The molecule has 1 atom stereocenters. The summed E-state index contributed by atoms with van der Waals surface area (Å²) in [5, 5.41) is 15.7. The average Bonchev–Trinajstić information content (AvgIpc) is 3.78. The van der Waals surface area contributed by atoms with Gasteiger partial charge < -0.3 is 24.7 Å². The largest absolute Gasteiger partial charge is 0.379 e. The number of thioether (sulfide) groups is 1. The monoisotopic (exact) mass is 858 g/mol. The lowest BCUT2D eigenvalue weighted by Crippen LogP contribution is -2.54. The van der Waals surface area contributed by atoms with Crippen molar-refractivity contribution < 1.29 is 38.2 Å². The number of aryl methyl sites for hydroxylation is 1. The van der Waals surface area contributed by atoms with E-state index in [-0.39, 0.29) is 49.2 Å². The second-order valence-corrected chi connectivity index (χ2v) is 17.8. The number of carbonyl (C=O) groups is 6. The quantitative estimate of drug-likeness (QED) is 0.0771. The number of fused-ring (bicyclic) bond motifs is 5. The Labute approximate surface area is 364 Å². The Morgan fingerprint density at radius 3 is 2.45 bits per heavy atom. The molecule has 0 spiro atoms. The van der Waals surface area contributed by atoms with Crippen LogP contribution < -0.4 is 15.5 Å². The second kappa shape index (κ2) is 17.9. The van der Waals surface area contributed by atoms with Gasteiger partial charge in [0.2, 0.25) is 17.7 Å². The molecular formula is C47H50N6O8S. The number of ether oxygens (including phenoxy) is 2. The molecule has 15 heteroatoms. The van der Waals surface area contributed by atoms with E-state index in [9.17, 15) is 34.0 Å². The first-order valence-corrected chi connectivity index (χ1v) is 22.3. The Balaban J connectivity index is 0.740. The van der Waals surface area contributed by atoms with E-state index in [1.54, 1.807) is 24.3 Å². The molecule has 0 radical (unpaired) electrons. The Morgan fingerprint density at radius 2 is 1.71 bits per heavy atom. The molecule has 3 aliphatic heterocycles. The van der Waals surface area contributed by atoms with Crippen LogP contribution >= 0.6 is 11.8 Å². The fraction of sp³-hybridized carbons (Fsp3) is 0.426. The summed E-state index contributed by atoms with van der Waals surface area (Å²) in [7, 11) is 0. The van der Waals surface area contributed by atoms with E-state index >= 15 is 0 Å². The van der Waals surface area contributed by atoms with Crippen molar-refractivity contribution in [2.45, 2.75) is 88.1 Å². The van der Waals surface area contributed by atoms with Crippen LogP contribution in [-0.2, 0) is 35.7 Å². The molecule has 62 heavy (non-hydrogen) atoms. The molecule has 0 saturated carbocycles. The minimum Gasteiger partial charge on any atom is -0.379 e. The van der Waals surface area contributed by atoms with Gasteiger partial charge in [0, 0.05) is 82.5 Å². The summed E-state index contributed by atoms with van der Waals surface area (Å²) in [6.07, 6.45) is 3.51. The number of nitrogens with one attached hydrogen (secondary N) is 3. The molecule has 2 saturated heterocycles. The highest BCUT2D eigenvalue weighted by atomic mass is 32.2. The Hall–Kier alpha value is -5.82. The summed E-state index contributed by atoms with van der Waals surface area (Å²) in [5.41, 5.74) is 6.96. The molecule has 5 amide bonds. The summed E-state index contributed by atoms with van der Waals surface area (Å²) in [4.78, 5) is 84.8. The standard InChI is InChI=1S/C47H50N6O8S/c1-4-28-24-32-33(47(2,3)43-41(42(32)56)30-10-9-27(26-48)23-34(30)50-43)25-36(28)52-16-13-29(14-17-52)49-39(55)15-19-61-21-20-60-18-6-22-62-37-8-5-7-31-40(37)46(59)53(45(31)58)35-11-12-38(54)51-44(35)57/h5,7-10,23-25,29,35,50H,4,6,11-22H2,1-3H3,(H,49,55)(H,51,54,57). The lowest BCUT2D eigenvalue weighted by atomic mass is 9.70. The number of hydrogen-bond acceptors (Lipinski definition) is 11. The number of carbonyl (C=O) groups excluding carboxylic acids is 6. The molecule has 8 rings (SSSR count). The zero-order valence-electron chi connectivity index (χ0n) is 35.2. The van der Waals surface area contributed by atoms with E-state index in [0.717, 1.165) is 76.2 Å². The molecule has 3 N–H and O–H groups in total. The molecule has 1 aromatic heterocycles. The Morgan fingerprint density at radius 1 is 0.935 bits per heavy atom. The highest BCUT2D eigenvalue weighted by molar-refractivity contribution is 7.99. The van der Waals surface area contributed by atoms with Gasteiger partial charge in [-0.3, -0.25) is 39.0 Å². The van der Waals surface area contributed by atoms with Crippen molar-refractivity contribution in [2.24, 2.45) is 0 Å². The fourth-order valence-corrected chi connectivity index (χ4v) is 10.2. The predicted octanol–water partition coefficient (Wildman–Crippen LogP) is 5.56. The van der Waals surface area contributed by atoms with Gasteiger partial charge in [0.1, 0.15) is 6.04 Å². The summed E-state index contributed by atoms with van der Waals surface area (Å²) >= 11 is 1.44. The van der Waals surface area contributed by atoms with Crippen molar-refractivity contribution in [3.8, 4) is 6.07 Å². The maximum atomic E-state index is 14.1. The van der Waals surface area contributed by atoms with Crippen LogP contribution in [0.3, 0.4) is 0 Å². The number of hydrogen-bond donors (Lipinski definition) is 3. The number of ketones is 1. The number of aromatic amines is 1. The Kier molecular flexibility index (Phi) is 12.4. The molecule has 322 valence electrons. The van der Waals surface area contributed by atoms with Crippen LogP contribution in [0, 0.1) is 11.3 Å². The highest BCUT2D eigenvalue weighted by Crippen LogP contribution is 2.46. The topological polar surface area (TPSA) is 191 Å². The van der Waals surface area contributed by atoms with Crippen LogP contribution in [0.2, 0.25) is 0 Å². The van der Waals surface area contributed by atoms with E-state index in [4.69, 9.17) is 9.47 Å². The minimum atomic E-state index is -1.00. The summed E-state index contributed by atoms with van der Waals surface area (Å²) in [6, 6.07) is 16.1. The van der Waals surface area contributed by atoms with Crippen LogP contribution in [0.25, 0.3) is 10.9 Å². The van der Waals surface area contributed by atoms with Crippen LogP contribution in [-0.4, -0.2) is 103 Å². The van der Waals surface area contributed by atoms with Crippen molar-refractivity contribution in [3.63, 3.8) is 0 Å². The van der Waals surface area contributed by atoms with Gasteiger partial charge in [-0.15, -0.1) is 11.8 Å². The zero-order chi connectivity index (χ0) is 43.7. The molecule has 4 aromatic rings. The number of rotatable bonds is 15. The first kappa shape index (κ1) is 42.9. The van der Waals surface area contributed by atoms with Crippen LogP contribution in [0.5, 0.6) is 0 Å². The van der Waals surface area contributed by atoms with Crippen molar-refractivity contribution in [1.82, 2.24) is 20.5 Å². The summed E-state index contributed by atoms with van der Waals surface area (Å²) in [6.45, 7) is 9.44. The Bertz CT molecular complexity index is 2530.